The van der Waals surface area contributed by atoms with Gasteiger partial charge < -0.3 is 0 Å². The number of Topliss-reactive ketones (excluding diaryl/α,β-unsaturated/α-hetero) is 1. The summed E-state index contributed by atoms with van der Waals surface area (Å²) in [6.07, 6.45) is 3.87. The van der Waals surface area contributed by atoms with Crippen LogP contribution in [-0.2, 0) is 28.4 Å². The van der Waals surface area contributed by atoms with Gasteiger partial charge in [-0.15, -0.1) is 0 Å². The lowest BCUT2D eigenvalue weighted by Gasteiger charge is -2.04. The molecule has 0 amide bonds. The van der Waals surface area contributed by atoms with Crippen LogP contribution in [0.3, 0.4) is 0 Å². The van der Waals surface area contributed by atoms with Crippen LogP contribution in [0, 0.1) is 0 Å². The highest BCUT2D eigenvalue weighted by Crippen LogP contribution is 2.24. The van der Waals surface area contributed by atoms with Crippen molar-refractivity contribution in [2.75, 3.05) is 5.75 Å². The third kappa shape index (κ3) is 2.59. The number of rotatable bonds is 4. The zero-order valence-electron chi connectivity index (χ0n) is 9.49. The van der Waals surface area contributed by atoms with Crippen LogP contribution in [0.1, 0.15) is 30.9 Å². The zero-order valence-corrected chi connectivity index (χ0v) is 10.3. The normalized spacial score (nSPS) is 15.8. The summed E-state index contributed by atoms with van der Waals surface area (Å²) in [5, 5.41) is 0. The Morgan fingerprint density at radius 1 is 1.31 bits per heavy atom. The Morgan fingerprint density at radius 3 is 2.81 bits per heavy atom. The van der Waals surface area contributed by atoms with Crippen molar-refractivity contribution in [3.05, 3.63) is 29.3 Å². The molecule has 0 fully saturated rings. The maximum Gasteiger partial charge on any atom is 0.130 e. The molecule has 86 valence electrons. The van der Waals surface area contributed by atoms with E-state index in [1.165, 1.54) is 17.5 Å². The molecule has 0 saturated heterocycles. The zero-order chi connectivity index (χ0) is 11.5. The van der Waals surface area contributed by atoms with Crippen LogP contribution in [0.5, 0.6) is 0 Å². The lowest BCUT2D eigenvalue weighted by molar-refractivity contribution is -0.116. The largest absolute Gasteiger partial charge is 0.300 e. The van der Waals surface area contributed by atoms with Gasteiger partial charge in [0.2, 0.25) is 0 Å². The molecular formula is C13H16O2S. The average molecular weight is 236 g/mol. The Hall–Kier alpha value is -0.960. The van der Waals surface area contributed by atoms with E-state index in [9.17, 15) is 9.00 Å². The van der Waals surface area contributed by atoms with Gasteiger partial charge in [-0.3, -0.25) is 9.00 Å². The molecular weight excluding hydrogens is 220 g/mol. The fourth-order valence-electron chi connectivity index (χ4n) is 2.04. The number of hydrogen-bond donors (Lipinski definition) is 0. The summed E-state index contributed by atoms with van der Waals surface area (Å²) in [4.78, 5) is 11.7. The standard InChI is InChI=1S/C13H16O2S/c1-10(14)7-8-16(15)13-6-5-11-3-2-4-12(11)9-13/h5-6,9H,2-4,7-8H2,1H3. The fraction of sp³-hybridized carbons (Fsp3) is 0.462. The Kier molecular flexibility index (Phi) is 3.54. The Bertz CT molecular complexity index is 438. The van der Waals surface area contributed by atoms with E-state index >= 15 is 0 Å². The third-order valence-electron chi connectivity index (χ3n) is 2.97. The lowest BCUT2D eigenvalue weighted by Crippen LogP contribution is -2.03. The minimum absolute atomic E-state index is 0.106. The van der Waals surface area contributed by atoms with Crippen molar-refractivity contribution in [3.8, 4) is 0 Å². The smallest absolute Gasteiger partial charge is 0.130 e. The van der Waals surface area contributed by atoms with E-state index in [0.717, 1.165) is 17.7 Å². The molecule has 0 aliphatic heterocycles. The van der Waals surface area contributed by atoms with E-state index in [0.29, 0.717) is 12.2 Å². The van der Waals surface area contributed by atoms with Crippen LogP contribution in [0.15, 0.2) is 23.1 Å². The van der Waals surface area contributed by atoms with E-state index in [4.69, 9.17) is 0 Å². The Labute approximate surface area is 98.5 Å². The van der Waals surface area contributed by atoms with Crippen molar-refractivity contribution >= 4 is 16.6 Å². The number of aryl methyl sites for hydroxylation is 2. The molecule has 2 rings (SSSR count). The summed E-state index contributed by atoms with van der Waals surface area (Å²) in [6.45, 7) is 1.54. The molecule has 3 heteroatoms. The van der Waals surface area contributed by atoms with Crippen LogP contribution in [0.2, 0.25) is 0 Å². The number of carbonyl (C=O) groups is 1. The van der Waals surface area contributed by atoms with Gasteiger partial charge in [0.1, 0.15) is 5.78 Å². The van der Waals surface area contributed by atoms with E-state index in [2.05, 4.69) is 12.1 Å². The van der Waals surface area contributed by atoms with Crippen LogP contribution in [0.25, 0.3) is 0 Å². The molecule has 0 N–H and O–H groups in total. The second-order valence-corrected chi connectivity index (χ2v) is 5.86. The number of benzene rings is 1. The summed E-state index contributed by atoms with van der Waals surface area (Å²) >= 11 is 0. The molecule has 0 spiro atoms. The number of fused-ring (bicyclic) bond motifs is 1. The predicted octanol–water partition coefficient (Wildman–Crippen LogP) is 2.26. The monoisotopic (exact) mass is 236 g/mol. The van der Waals surface area contributed by atoms with Crippen molar-refractivity contribution in [2.45, 2.75) is 37.5 Å². The van der Waals surface area contributed by atoms with Gasteiger partial charge in [0.05, 0.1) is 10.8 Å². The fourth-order valence-corrected chi connectivity index (χ4v) is 3.25. The molecule has 2 nitrogen and oxygen atoms in total. The summed E-state index contributed by atoms with van der Waals surface area (Å²) in [5.74, 6) is 0.559. The summed E-state index contributed by atoms with van der Waals surface area (Å²) < 4.78 is 11.9. The van der Waals surface area contributed by atoms with Gasteiger partial charge in [0.25, 0.3) is 0 Å². The molecule has 0 aromatic heterocycles. The van der Waals surface area contributed by atoms with Gasteiger partial charge in [-0.25, -0.2) is 0 Å². The van der Waals surface area contributed by atoms with Gasteiger partial charge in [-0.05, 0) is 49.4 Å². The van der Waals surface area contributed by atoms with Crippen LogP contribution >= 0.6 is 0 Å². The molecule has 1 atom stereocenters. The van der Waals surface area contributed by atoms with Crippen LogP contribution < -0.4 is 0 Å². The van der Waals surface area contributed by atoms with E-state index in [1.807, 2.05) is 6.07 Å². The van der Waals surface area contributed by atoms with Crippen molar-refractivity contribution < 1.29 is 9.00 Å². The molecule has 1 aromatic rings. The molecule has 1 aliphatic carbocycles. The minimum Gasteiger partial charge on any atom is -0.300 e. The Morgan fingerprint density at radius 2 is 2.06 bits per heavy atom. The van der Waals surface area contributed by atoms with Gasteiger partial charge in [-0.1, -0.05) is 6.07 Å². The predicted molar refractivity (Wildman–Crippen MR) is 65.0 cm³/mol. The van der Waals surface area contributed by atoms with Crippen molar-refractivity contribution in [1.82, 2.24) is 0 Å². The van der Waals surface area contributed by atoms with Crippen molar-refractivity contribution in [2.24, 2.45) is 0 Å². The second-order valence-electron chi connectivity index (χ2n) is 4.29. The third-order valence-corrected chi connectivity index (χ3v) is 4.33. The second kappa shape index (κ2) is 4.91. The first-order chi connectivity index (χ1) is 7.66. The van der Waals surface area contributed by atoms with Gasteiger partial charge in [0.15, 0.2) is 0 Å². The highest BCUT2D eigenvalue weighted by molar-refractivity contribution is 7.85. The van der Waals surface area contributed by atoms with Crippen molar-refractivity contribution in [3.63, 3.8) is 0 Å². The SMILES string of the molecule is CC(=O)CCS(=O)c1ccc2c(c1)CCC2. The maximum atomic E-state index is 11.9. The average Bonchev–Trinajstić information content (AvgIpc) is 2.72. The summed E-state index contributed by atoms with van der Waals surface area (Å²) in [5.41, 5.74) is 2.74. The van der Waals surface area contributed by atoms with Gasteiger partial charge >= 0.3 is 0 Å². The first-order valence-corrected chi connectivity index (χ1v) is 6.98. The maximum absolute atomic E-state index is 11.9. The van der Waals surface area contributed by atoms with E-state index in [1.54, 1.807) is 6.92 Å². The van der Waals surface area contributed by atoms with Gasteiger partial charge in [0, 0.05) is 17.1 Å². The number of ketones is 1. The number of carbonyl (C=O) groups excluding carboxylic acids is 1. The molecule has 0 heterocycles. The van der Waals surface area contributed by atoms with Gasteiger partial charge in [-0.2, -0.15) is 0 Å². The van der Waals surface area contributed by atoms with Crippen molar-refractivity contribution in [1.29, 1.82) is 0 Å². The molecule has 16 heavy (non-hydrogen) atoms. The molecule has 1 aliphatic rings. The molecule has 1 aromatic carbocycles. The molecule has 0 saturated carbocycles. The van der Waals surface area contributed by atoms with E-state index in [-0.39, 0.29) is 5.78 Å². The topological polar surface area (TPSA) is 34.1 Å². The van der Waals surface area contributed by atoms with Crippen LogP contribution in [-0.4, -0.2) is 15.7 Å². The highest BCUT2D eigenvalue weighted by atomic mass is 32.2. The highest BCUT2D eigenvalue weighted by Gasteiger charge is 2.13. The molecule has 0 radical (unpaired) electrons. The number of hydrogen-bond acceptors (Lipinski definition) is 2. The first-order valence-electron chi connectivity index (χ1n) is 5.66. The minimum atomic E-state index is -1.02. The first kappa shape index (κ1) is 11.5. The lowest BCUT2D eigenvalue weighted by atomic mass is 10.1. The van der Waals surface area contributed by atoms with E-state index < -0.39 is 10.8 Å². The molecule has 0 bridgehead atoms. The summed E-state index contributed by atoms with van der Waals surface area (Å²) in [6, 6.07) is 6.09. The van der Waals surface area contributed by atoms with Crippen LogP contribution in [0.4, 0.5) is 0 Å². The molecule has 1 unspecified atom stereocenters. The quantitative estimate of drug-likeness (QED) is 0.803. The summed E-state index contributed by atoms with van der Waals surface area (Å²) in [7, 11) is -1.02. The Balaban J connectivity index is 2.09.